The van der Waals surface area contributed by atoms with Gasteiger partial charge in [0, 0.05) is 39.4 Å². The third-order valence-electron chi connectivity index (χ3n) is 4.95. The fourth-order valence-electron chi connectivity index (χ4n) is 3.40. The van der Waals surface area contributed by atoms with E-state index in [4.69, 9.17) is 0 Å². The van der Waals surface area contributed by atoms with Crippen molar-refractivity contribution in [3.05, 3.63) is 65.9 Å². The molecule has 0 radical (unpaired) electrons. The van der Waals surface area contributed by atoms with Crippen molar-refractivity contribution in [2.45, 2.75) is 25.7 Å². The van der Waals surface area contributed by atoms with E-state index in [-0.39, 0.29) is 24.0 Å². The molecule has 0 aliphatic carbocycles. The maximum absolute atomic E-state index is 4.47. The molecular weight excluding hydrogens is 473 g/mol. The Morgan fingerprint density at radius 3 is 2.45 bits per heavy atom. The van der Waals surface area contributed by atoms with E-state index in [0.29, 0.717) is 0 Å². The van der Waals surface area contributed by atoms with Crippen LogP contribution in [0, 0.1) is 0 Å². The van der Waals surface area contributed by atoms with E-state index in [0.717, 1.165) is 63.6 Å². The number of nitrogens with zero attached hydrogens (tertiary/aromatic N) is 3. The maximum Gasteiger partial charge on any atom is 0.193 e. The minimum Gasteiger partial charge on any atom is -0.370 e. The SMILES string of the molecule is CN=C(NCCCCNc1ccccn1)N1CCC(=Cc2ccccc2)CC1.I. The third-order valence-corrected chi connectivity index (χ3v) is 4.95. The highest BCUT2D eigenvalue weighted by Crippen LogP contribution is 2.19. The molecule has 2 N–H and O–H groups in total. The van der Waals surface area contributed by atoms with E-state index in [1.54, 1.807) is 0 Å². The number of rotatable bonds is 7. The van der Waals surface area contributed by atoms with Gasteiger partial charge in [0.2, 0.25) is 0 Å². The van der Waals surface area contributed by atoms with E-state index in [2.05, 4.69) is 61.9 Å². The van der Waals surface area contributed by atoms with Gasteiger partial charge in [-0.2, -0.15) is 0 Å². The van der Waals surface area contributed by atoms with Gasteiger partial charge >= 0.3 is 0 Å². The predicted molar refractivity (Wildman–Crippen MR) is 134 cm³/mol. The van der Waals surface area contributed by atoms with Crippen LogP contribution in [0.1, 0.15) is 31.2 Å². The van der Waals surface area contributed by atoms with Crippen LogP contribution in [0.4, 0.5) is 5.82 Å². The van der Waals surface area contributed by atoms with Crippen LogP contribution in [0.25, 0.3) is 6.08 Å². The average molecular weight is 505 g/mol. The van der Waals surface area contributed by atoms with E-state index in [9.17, 15) is 0 Å². The van der Waals surface area contributed by atoms with Crippen molar-refractivity contribution in [3.63, 3.8) is 0 Å². The van der Waals surface area contributed by atoms with Gasteiger partial charge in [0.25, 0.3) is 0 Å². The lowest BCUT2D eigenvalue weighted by molar-refractivity contribution is 0.375. The molecule has 1 aromatic carbocycles. The van der Waals surface area contributed by atoms with Crippen LogP contribution in [0.2, 0.25) is 0 Å². The molecule has 29 heavy (non-hydrogen) atoms. The topological polar surface area (TPSA) is 52.6 Å². The molecule has 6 heteroatoms. The maximum atomic E-state index is 4.47. The predicted octanol–water partition coefficient (Wildman–Crippen LogP) is 4.65. The highest BCUT2D eigenvalue weighted by molar-refractivity contribution is 14.0. The standard InChI is InChI=1S/C23H31N5.HI/c1-24-23(27-16-8-7-15-26-22-11-5-6-14-25-22)28-17-12-21(13-18-28)19-20-9-3-2-4-10-20;/h2-6,9-11,14,19H,7-8,12-13,15-18H2,1H3,(H,24,27)(H,25,26);1H. The van der Waals surface area contributed by atoms with Gasteiger partial charge in [0.05, 0.1) is 0 Å². The van der Waals surface area contributed by atoms with Crippen LogP contribution < -0.4 is 10.6 Å². The van der Waals surface area contributed by atoms with E-state index in [1.165, 1.54) is 11.1 Å². The monoisotopic (exact) mass is 505 g/mol. The minimum absolute atomic E-state index is 0. The summed E-state index contributed by atoms with van der Waals surface area (Å²) in [7, 11) is 1.88. The molecule has 3 rings (SSSR count). The fourth-order valence-corrected chi connectivity index (χ4v) is 3.40. The second kappa shape index (κ2) is 13.2. The molecule has 0 unspecified atom stereocenters. The number of guanidine groups is 1. The summed E-state index contributed by atoms with van der Waals surface area (Å²) in [5.74, 6) is 1.97. The molecule has 0 saturated carbocycles. The molecule has 1 saturated heterocycles. The first-order chi connectivity index (χ1) is 13.8. The normalized spacial score (nSPS) is 14.2. The Morgan fingerprint density at radius 2 is 1.76 bits per heavy atom. The van der Waals surface area contributed by atoms with E-state index in [1.807, 2.05) is 31.4 Å². The second-order valence-corrected chi connectivity index (χ2v) is 7.02. The Labute approximate surface area is 191 Å². The van der Waals surface area contributed by atoms with E-state index < -0.39 is 0 Å². The molecule has 5 nitrogen and oxygen atoms in total. The van der Waals surface area contributed by atoms with Crippen molar-refractivity contribution in [2.24, 2.45) is 4.99 Å². The van der Waals surface area contributed by atoms with Crippen LogP contribution in [-0.4, -0.2) is 49.1 Å². The second-order valence-electron chi connectivity index (χ2n) is 7.02. The zero-order valence-electron chi connectivity index (χ0n) is 17.2. The molecule has 0 atom stereocenters. The molecule has 1 aliphatic heterocycles. The number of halogens is 1. The van der Waals surface area contributed by atoms with Crippen LogP contribution in [0.3, 0.4) is 0 Å². The lowest BCUT2D eigenvalue weighted by Crippen LogP contribution is -2.44. The van der Waals surface area contributed by atoms with Gasteiger partial charge in [-0.3, -0.25) is 4.99 Å². The molecule has 156 valence electrons. The molecule has 2 aromatic rings. The van der Waals surface area contributed by atoms with Gasteiger partial charge in [-0.05, 0) is 43.4 Å². The van der Waals surface area contributed by atoms with Crippen LogP contribution in [0.5, 0.6) is 0 Å². The molecule has 0 amide bonds. The average Bonchev–Trinajstić information content (AvgIpc) is 2.75. The molecular formula is C23H32IN5. The summed E-state index contributed by atoms with van der Waals surface area (Å²) in [5.41, 5.74) is 2.83. The number of piperidine rings is 1. The number of unbranched alkanes of at least 4 members (excludes halogenated alkanes) is 1. The molecule has 1 aromatic heterocycles. The van der Waals surface area contributed by atoms with Gasteiger partial charge < -0.3 is 15.5 Å². The number of hydrogen-bond acceptors (Lipinski definition) is 3. The number of hydrogen-bond donors (Lipinski definition) is 2. The summed E-state index contributed by atoms with van der Waals surface area (Å²) < 4.78 is 0. The smallest absolute Gasteiger partial charge is 0.193 e. The van der Waals surface area contributed by atoms with Gasteiger partial charge in [-0.25, -0.2) is 4.98 Å². The van der Waals surface area contributed by atoms with Crippen molar-refractivity contribution in [1.82, 2.24) is 15.2 Å². The zero-order chi connectivity index (χ0) is 19.4. The Kier molecular flexibility index (Phi) is 10.5. The summed E-state index contributed by atoms with van der Waals surface area (Å²) in [6.45, 7) is 3.94. The Balaban J connectivity index is 0.00000300. The number of benzene rings is 1. The summed E-state index contributed by atoms with van der Waals surface area (Å²) in [6, 6.07) is 16.5. The third kappa shape index (κ3) is 8.04. The number of nitrogens with one attached hydrogen (secondary N) is 2. The molecule has 0 spiro atoms. The van der Waals surface area contributed by atoms with Crippen molar-refractivity contribution < 1.29 is 0 Å². The fraction of sp³-hybridized carbons (Fsp3) is 0.391. The Hall–Kier alpha value is -2.09. The van der Waals surface area contributed by atoms with Crippen molar-refractivity contribution in [1.29, 1.82) is 0 Å². The Bertz CT molecular complexity index is 751. The highest BCUT2D eigenvalue weighted by Gasteiger charge is 2.16. The van der Waals surface area contributed by atoms with Gasteiger partial charge in [0.15, 0.2) is 5.96 Å². The molecule has 0 bridgehead atoms. The number of anilines is 1. The first kappa shape index (κ1) is 23.2. The molecule has 1 fully saturated rings. The van der Waals surface area contributed by atoms with Gasteiger partial charge in [0.1, 0.15) is 5.82 Å². The summed E-state index contributed by atoms with van der Waals surface area (Å²) in [6.07, 6.45) is 8.55. The molecule has 1 aliphatic rings. The van der Waals surface area contributed by atoms with Gasteiger partial charge in [-0.1, -0.05) is 48.0 Å². The first-order valence-electron chi connectivity index (χ1n) is 10.2. The lowest BCUT2D eigenvalue weighted by atomic mass is 10.0. The first-order valence-corrected chi connectivity index (χ1v) is 10.2. The van der Waals surface area contributed by atoms with Gasteiger partial charge in [-0.15, -0.1) is 24.0 Å². The summed E-state index contributed by atoms with van der Waals surface area (Å²) in [5, 5.41) is 6.86. The quantitative estimate of drug-likeness (QED) is 0.249. The largest absolute Gasteiger partial charge is 0.370 e. The van der Waals surface area contributed by atoms with Crippen LogP contribution >= 0.6 is 24.0 Å². The number of likely N-dealkylation sites (tertiary alicyclic amines) is 1. The Morgan fingerprint density at radius 1 is 1.03 bits per heavy atom. The minimum atomic E-state index is 0. The van der Waals surface area contributed by atoms with Crippen LogP contribution in [-0.2, 0) is 0 Å². The van der Waals surface area contributed by atoms with Crippen molar-refractivity contribution in [3.8, 4) is 0 Å². The zero-order valence-corrected chi connectivity index (χ0v) is 19.5. The van der Waals surface area contributed by atoms with E-state index >= 15 is 0 Å². The summed E-state index contributed by atoms with van der Waals surface area (Å²) in [4.78, 5) is 11.1. The lowest BCUT2D eigenvalue weighted by Gasteiger charge is -2.31. The highest BCUT2D eigenvalue weighted by atomic mass is 127. The van der Waals surface area contributed by atoms with Crippen molar-refractivity contribution in [2.75, 3.05) is 38.5 Å². The van der Waals surface area contributed by atoms with Crippen LogP contribution in [0.15, 0.2) is 65.3 Å². The molecule has 2 heterocycles. The summed E-state index contributed by atoms with van der Waals surface area (Å²) >= 11 is 0. The number of pyridine rings is 1. The number of aromatic nitrogens is 1. The number of aliphatic imine (C=N–C) groups is 1. The van der Waals surface area contributed by atoms with Crippen molar-refractivity contribution >= 4 is 41.8 Å².